The van der Waals surface area contributed by atoms with Crippen molar-refractivity contribution in [2.75, 3.05) is 40.6 Å². The van der Waals surface area contributed by atoms with Gasteiger partial charge in [-0.15, -0.1) is 0 Å². The highest BCUT2D eigenvalue weighted by Crippen LogP contribution is 2.53. The van der Waals surface area contributed by atoms with Crippen LogP contribution in [0.5, 0.6) is 0 Å². The fourth-order valence-electron chi connectivity index (χ4n) is 5.11. The SMILES string of the molecule is CCOC(=O)C1(C(=O)OCC)CCCC1C(OC)C(CCC/C=C/OC)(C(=O)OCC)C(=O)OCC. The van der Waals surface area contributed by atoms with Crippen LogP contribution in [0.4, 0.5) is 0 Å². The number of ether oxygens (including phenoxy) is 6. The maximum atomic E-state index is 13.6. The number of carbonyl (C=O) groups excluding carboxylic acids is 4. The van der Waals surface area contributed by atoms with Gasteiger partial charge in [-0.1, -0.05) is 6.42 Å². The standard InChI is InChI=1S/C26H42O10/c1-7-33-21(27)25(22(28)34-8-2)17-14-15-19(25)20(32-6)26(23(29)35-9-3,24(30)36-10-4)16-12-11-13-18-31-5/h13,18-20H,7-12,14-17H2,1-6H3/b18-13+. The van der Waals surface area contributed by atoms with Gasteiger partial charge in [-0.05, 0) is 65.9 Å². The quantitative estimate of drug-likeness (QED) is 0.0995. The van der Waals surface area contributed by atoms with E-state index in [1.165, 1.54) is 20.5 Å². The molecule has 1 aliphatic rings. The van der Waals surface area contributed by atoms with E-state index in [9.17, 15) is 19.2 Å². The summed E-state index contributed by atoms with van der Waals surface area (Å²) in [6.45, 7) is 6.69. The number of rotatable bonds is 16. The van der Waals surface area contributed by atoms with Gasteiger partial charge in [0.2, 0.25) is 0 Å². The highest BCUT2D eigenvalue weighted by atomic mass is 16.6. The molecule has 2 atom stereocenters. The largest absolute Gasteiger partial charge is 0.505 e. The maximum absolute atomic E-state index is 13.6. The maximum Gasteiger partial charge on any atom is 0.326 e. The number of unbranched alkanes of at least 4 members (excludes halogenated alkanes) is 1. The Morgan fingerprint density at radius 1 is 0.889 bits per heavy atom. The number of methoxy groups -OCH3 is 2. The zero-order valence-electron chi connectivity index (χ0n) is 22.5. The van der Waals surface area contributed by atoms with E-state index < -0.39 is 46.7 Å². The van der Waals surface area contributed by atoms with Crippen LogP contribution in [0.3, 0.4) is 0 Å². The molecule has 206 valence electrons. The minimum Gasteiger partial charge on any atom is -0.505 e. The number of carbonyl (C=O) groups is 4. The van der Waals surface area contributed by atoms with Crippen molar-refractivity contribution in [3.8, 4) is 0 Å². The van der Waals surface area contributed by atoms with E-state index in [1.807, 2.05) is 0 Å². The van der Waals surface area contributed by atoms with Crippen molar-refractivity contribution in [3.63, 3.8) is 0 Å². The van der Waals surface area contributed by atoms with Crippen molar-refractivity contribution < 1.29 is 47.6 Å². The lowest BCUT2D eigenvalue weighted by Crippen LogP contribution is -2.59. The van der Waals surface area contributed by atoms with Gasteiger partial charge in [-0.2, -0.15) is 0 Å². The molecule has 0 bridgehead atoms. The van der Waals surface area contributed by atoms with Crippen LogP contribution in [0.25, 0.3) is 0 Å². The first-order valence-electron chi connectivity index (χ1n) is 12.7. The van der Waals surface area contributed by atoms with Gasteiger partial charge in [-0.25, -0.2) is 0 Å². The molecule has 1 fully saturated rings. The van der Waals surface area contributed by atoms with Crippen LogP contribution in [-0.4, -0.2) is 70.6 Å². The predicted molar refractivity (Wildman–Crippen MR) is 130 cm³/mol. The summed E-state index contributed by atoms with van der Waals surface area (Å²) in [5.41, 5.74) is -3.65. The summed E-state index contributed by atoms with van der Waals surface area (Å²) in [7, 11) is 2.87. The summed E-state index contributed by atoms with van der Waals surface area (Å²) in [6.07, 6.45) is 3.90. The Labute approximate surface area is 213 Å². The first-order valence-corrected chi connectivity index (χ1v) is 12.7. The van der Waals surface area contributed by atoms with Crippen LogP contribution in [0.2, 0.25) is 0 Å². The third kappa shape index (κ3) is 6.57. The van der Waals surface area contributed by atoms with E-state index in [0.29, 0.717) is 25.7 Å². The molecule has 0 amide bonds. The van der Waals surface area contributed by atoms with Gasteiger partial charge in [0.1, 0.15) is 0 Å². The number of hydrogen-bond acceptors (Lipinski definition) is 10. The molecule has 2 unspecified atom stereocenters. The van der Waals surface area contributed by atoms with Crippen molar-refractivity contribution in [1.29, 1.82) is 0 Å². The Hall–Kier alpha value is -2.62. The first-order chi connectivity index (χ1) is 17.3. The van der Waals surface area contributed by atoms with Crippen LogP contribution in [0.15, 0.2) is 12.3 Å². The molecule has 0 N–H and O–H groups in total. The molecule has 0 heterocycles. The van der Waals surface area contributed by atoms with Crippen molar-refractivity contribution >= 4 is 23.9 Å². The van der Waals surface area contributed by atoms with Gasteiger partial charge in [0.25, 0.3) is 0 Å². The third-order valence-electron chi connectivity index (χ3n) is 6.56. The molecule has 0 aromatic carbocycles. The second-order valence-electron chi connectivity index (χ2n) is 8.48. The Morgan fingerprint density at radius 2 is 1.42 bits per heavy atom. The zero-order chi connectivity index (χ0) is 27.2. The van der Waals surface area contributed by atoms with Gasteiger partial charge in [0.15, 0.2) is 10.8 Å². The fourth-order valence-corrected chi connectivity index (χ4v) is 5.11. The molecule has 0 spiro atoms. The number of esters is 4. The smallest absolute Gasteiger partial charge is 0.326 e. The van der Waals surface area contributed by atoms with Crippen LogP contribution in [0.1, 0.15) is 66.2 Å². The molecule has 1 rings (SSSR count). The molecule has 0 aromatic rings. The molecule has 36 heavy (non-hydrogen) atoms. The van der Waals surface area contributed by atoms with Crippen molar-refractivity contribution in [1.82, 2.24) is 0 Å². The van der Waals surface area contributed by atoms with Crippen LogP contribution in [0, 0.1) is 16.7 Å². The minimum absolute atomic E-state index is 0.00938. The summed E-state index contributed by atoms with van der Waals surface area (Å²) in [5, 5.41) is 0. The Balaban J connectivity index is 3.74. The summed E-state index contributed by atoms with van der Waals surface area (Å²) in [5.74, 6) is -4.03. The van der Waals surface area contributed by atoms with Gasteiger partial charge >= 0.3 is 23.9 Å². The topological polar surface area (TPSA) is 124 Å². The van der Waals surface area contributed by atoms with Crippen LogP contribution < -0.4 is 0 Å². The molecule has 1 saturated carbocycles. The first kappa shape index (κ1) is 31.4. The average molecular weight is 515 g/mol. The Morgan fingerprint density at radius 3 is 1.86 bits per heavy atom. The summed E-state index contributed by atoms with van der Waals surface area (Å²) < 4.78 is 32.2. The molecule has 10 nitrogen and oxygen atoms in total. The zero-order valence-corrected chi connectivity index (χ0v) is 22.5. The third-order valence-corrected chi connectivity index (χ3v) is 6.56. The number of hydrogen-bond donors (Lipinski definition) is 0. The summed E-state index contributed by atoms with van der Waals surface area (Å²) in [6, 6.07) is 0. The lowest BCUT2D eigenvalue weighted by molar-refractivity contribution is -0.199. The monoisotopic (exact) mass is 514 g/mol. The van der Waals surface area contributed by atoms with Gasteiger partial charge in [0.05, 0.1) is 45.9 Å². The average Bonchev–Trinajstić information content (AvgIpc) is 3.29. The second-order valence-corrected chi connectivity index (χ2v) is 8.48. The highest BCUT2D eigenvalue weighted by molar-refractivity contribution is 6.03. The Bertz CT molecular complexity index is 724. The highest BCUT2D eigenvalue weighted by Gasteiger charge is 2.67. The van der Waals surface area contributed by atoms with Gasteiger partial charge in [-0.3, -0.25) is 19.2 Å². The van der Waals surface area contributed by atoms with E-state index in [1.54, 1.807) is 33.8 Å². The molecule has 10 heteroatoms. The lowest BCUT2D eigenvalue weighted by Gasteiger charge is -2.42. The molecule has 0 saturated heterocycles. The lowest BCUT2D eigenvalue weighted by atomic mass is 9.64. The van der Waals surface area contributed by atoms with Gasteiger partial charge < -0.3 is 28.4 Å². The van der Waals surface area contributed by atoms with Crippen molar-refractivity contribution in [2.24, 2.45) is 16.7 Å². The normalized spacial score (nSPS) is 17.9. The summed E-state index contributed by atoms with van der Waals surface area (Å²) >= 11 is 0. The fraction of sp³-hybridized carbons (Fsp3) is 0.769. The van der Waals surface area contributed by atoms with E-state index >= 15 is 0 Å². The molecule has 0 radical (unpaired) electrons. The van der Waals surface area contributed by atoms with E-state index in [0.717, 1.165) is 0 Å². The minimum atomic E-state index is -1.92. The van der Waals surface area contributed by atoms with Crippen molar-refractivity contribution in [3.05, 3.63) is 12.3 Å². The molecular formula is C26H42O10. The predicted octanol–water partition coefficient (Wildman–Crippen LogP) is 3.36. The molecule has 0 aromatic heterocycles. The van der Waals surface area contributed by atoms with E-state index in [-0.39, 0.29) is 39.3 Å². The molecule has 0 aliphatic heterocycles. The summed E-state index contributed by atoms with van der Waals surface area (Å²) in [4.78, 5) is 53.8. The van der Waals surface area contributed by atoms with E-state index in [2.05, 4.69) is 0 Å². The van der Waals surface area contributed by atoms with Crippen LogP contribution in [-0.2, 0) is 47.6 Å². The molecular weight excluding hydrogens is 472 g/mol. The van der Waals surface area contributed by atoms with E-state index in [4.69, 9.17) is 28.4 Å². The van der Waals surface area contributed by atoms with Crippen molar-refractivity contribution in [2.45, 2.75) is 72.3 Å². The van der Waals surface area contributed by atoms with Crippen LogP contribution >= 0.6 is 0 Å². The number of allylic oxidation sites excluding steroid dienone is 1. The second kappa shape index (κ2) is 15.5. The van der Waals surface area contributed by atoms with Gasteiger partial charge in [0, 0.05) is 13.0 Å². The molecule has 1 aliphatic carbocycles. The Kier molecular flexibility index (Phi) is 13.5.